The van der Waals surface area contributed by atoms with Crippen LogP contribution in [0.1, 0.15) is 30.4 Å². The molecule has 23 heavy (non-hydrogen) atoms. The van der Waals surface area contributed by atoms with Gasteiger partial charge < -0.3 is 5.11 Å². The number of hydrogen-bond acceptors (Lipinski definition) is 3. The molecule has 1 atom stereocenters. The minimum Gasteiger partial charge on any atom is -0.480 e. The molecule has 0 aliphatic carbocycles. The Labute approximate surface area is 134 Å². The van der Waals surface area contributed by atoms with Gasteiger partial charge in [0.05, 0.1) is 12.7 Å². The van der Waals surface area contributed by atoms with E-state index in [1.165, 1.54) is 12.1 Å². The van der Waals surface area contributed by atoms with Crippen molar-refractivity contribution in [3.8, 4) is 0 Å². The Morgan fingerprint density at radius 2 is 2.00 bits per heavy atom. The van der Waals surface area contributed by atoms with E-state index in [1.54, 1.807) is 23.0 Å². The van der Waals surface area contributed by atoms with E-state index < -0.39 is 12.0 Å². The van der Waals surface area contributed by atoms with Crippen LogP contribution in [0.3, 0.4) is 0 Å². The number of hydrogen-bond donors (Lipinski definition) is 1. The average Bonchev–Trinajstić information content (AvgIpc) is 2.97. The van der Waals surface area contributed by atoms with Gasteiger partial charge in [-0.15, -0.1) is 0 Å². The van der Waals surface area contributed by atoms with Crippen LogP contribution in [0.2, 0.25) is 0 Å². The Balaban J connectivity index is 1.64. The molecule has 0 amide bonds. The number of benzene rings is 1. The van der Waals surface area contributed by atoms with Gasteiger partial charge in [0.2, 0.25) is 0 Å². The summed E-state index contributed by atoms with van der Waals surface area (Å²) < 4.78 is 14.7. The number of carboxylic acid groups (broad SMARTS) is 1. The molecule has 0 saturated carbocycles. The van der Waals surface area contributed by atoms with Crippen LogP contribution in [0.25, 0.3) is 0 Å². The maximum atomic E-state index is 12.9. The second-order valence-corrected chi connectivity index (χ2v) is 5.99. The summed E-state index contributed by atoms with van der Waals surface area (Å²) in [6, 6.07) is 5.95. The highest BCUT2D eigenvalue weighted by molar-refractivity contribution is 5.73. The van der Waals surface area contributed by atoms with Crippen LogP contribution in [0.4, 0.5) is 4.39 Å². The maximum absolute atomic E-state index is 12.9. The third-order valence-corrected chi connectivity index (χ3v) is 4.23. The maximum Gasteiger partial charge on any atom is 0.320 e. The van der Waals surface area contributed by atoms with Crippen molar-refractivity contribution in [1.29, 1.82) is 0 Å². The minimum absolute atomic E-state index is 0.250. The van der Waals surface area contributed by atoms with Gasteiger partial charge in [-0.1, -0.05) is 18.6 Å². The highest BCUT2D eigenvalue weighted by Crippen LogP contribution is 2.19. The largest absolute Gasteiger partial charge is 0.480 e. The fraction of sp³-hybridized carbons (Fsp3) is 0.412. The van der Waals surface area contributed by atoms with Crippen molar-refractivity contribution in [2.24, 2.45) is 0 Å². The van der Waals surface area contributed by atoms with Crippen molar-refractivity contribution in [3.63, 3.8) is 0 Å². The van der Waals surface area contributed by atoms with Gasteiger partial charge in [-0.2, -0.15) is 5.10 Å². The highest BCUT2D eigenvalue weighted by atomic mass is 19.1. The predicted octanol–water partition coefficient (Wildman–Crippen LogP) is 2.51. The lowest BCUT2D eigenvalue weighted by molar-refractivity contribution is -0.144. The first-order valence-electron chi connectivity index (χ1n) is 7.84. The summed E-state index contributed by atoms with van der Waals surface area (Å²) >= 11 is 0. The van der Waals surface area contributed by atoms with E-state index >= 15 is 0 Å². The molecule has 2 aromatic rings. The van der Waals surface area contributed by atoms with E-state index in [1.807, 2.05) is 11.1 Å². The van der Waals surface area contributed by atoms with Crippen LogP contribution in [0, 0.1) is 5.82 Å². The lowest BCUT2D eigenvalue weighted by Crippen LogP contribution is -2.43. The molecule has 0 spiro atoms. The van der Waals surface area contributed by atoms with Gasteiger partial charge in [0, 0.05) is 18.3 Å². The van der Waals surface area contributed by atoms with E-state index in [-0.39, 0.29) is 5.82 Å². The van der Waals surface area contributed by atoms with Crippen LogP contribution in [-0.2, 0) is 17.9 Å². The molecule has 1 aliphatic rings. The zero-order chi connectivity index (χ0) is 16.2. The fourth-order valence-corrected chi connectivity index (χ4v) is 3.05. The normalized spacial score (nSPS) is 18.9. The SMILES string of the molecule is O=C(O)C1CCCCN1Cc1cnn(Cc2ccc(F)cc2)c1. The summed E-state index contributed by atoms with van der Waals surface area (Å²) in [7, 11) is 0. The number of rotatable bonds is 5. The van der Waals surface area contributed by atoms with Gasteiger partial charge in [-0.3, -0.25) is 14.4 Å². The van der Waals surface area contributed by atoms with Crippen LogP contribution in [-0.4, -0.2) is 38.3 Å². The summed E-state index contributed by atoms with van der Waals surface area (Å²) in [5.41, 5.74) is 1.97. The smallest absolute Gasteiger partial charge is 0.320 e. The highest BCUT2D eigenvalue weighted by Gasteiger charge is 2.28. The second kappa shape index (κ2) is 6.91. The lowest BCUT2D eigenvalue weighted by Gasteiger charge is -2.32. The van der Waals surface area contributed by atoms with Gasteiger partial charge in [0.1, 0.15) is 11.9 Å². The Bertz CT molecular complexity index is 669. The predicted molar refractivity (Wildman–Crippen MR) is 83.4 cm³/mol. The molecule has 1 aliphatic heterocycles. The summed E-state index contributed by atoms with van der Waals surface area (Å²) in [5, 5.41) is 13.6. The lowest BCUT2D eigenvalue weighted by atomic mass is 10.0. The minimum atomic E-state index is -0.747. The molecular weight excluding hydrogens is 297 g/mol. The molecule has 1 unspecified atom stereocenters. The molecule has 122 valence electrons. The van der Waals surface area contributed by atoms with Gasteiger partial charge in [0.15, 0.2) is 0 Å². The number of aromatic nitrogens is 2. The quantitative estimate of drug-likeness (QED) is 0.920. The zero-order valence-electron chi connectivity index (χ0n) is 12.9. The Hall–Kier alpha value is -2.21. The first-order chi connectivity index (χ1) is 11.1. The number of carbonyl (C=O) groups is 1. The van der Waals surface area contributed by atoms with E-state index in [9.17, 15) is 14.3 Å². The molecule has 1 aromatic carbocycles. The number of nitrogens with zero attached hydrogens (tertiary/aromatic N) is 3. The molecule has 5 nitrogen and oxygen atoms in total. The Morgan fingerprint density at radius 1 is 1.22 bits per heavy atom. The van der Waals surface area contributed by atoms with Crippen LogP contribution in [0.15, 0.2) is 36.7 Å². The molecule has 1 aromatic heterocycles. The van der Waals surface area contributed by atoms with Crippen molar-refractivity contribution in [2.45, 2.75) is 38.4 Å². The zero-order valence-corrected chi connectivity index (χ0v) is 12.9. The molecule has 1 fully saturated rings. The standard InChI is InChI=1S/C17H20FN3O2/c18-15-6-4-13(5-7-15)11-21-12-14(9-19-21)10-20-8-2-1-3-16(20)17(22)23/h4-7,9,12,16H,1-3,8,10-11H2,(H,22,23). The first-order valence-corrected chi connectivity index (χ1v) is 7.84. The van der Waals surface area contributed by atoms with Crippen LogP contribution < -0.4 is 0 Å². The Kier molecular flexibility index (Phi) is 4.71. The van der Waals surface area contributed by atoms with Crippen LogP contribution in [0.5, 0.6) is 0 Å². The summed E-state index contributed by atoms with van der Waals surface area (Å²) in [4.78, 5) is 13.3. The first kappa shape index (κ1) is 15.7. The average molecular weight is 317 g/mol. The van der Waals surface area contributed by atoms with Crippen molar-refractivity contribution >= 4 is 5.97 Å². The fourth-order valence-electron chi connectivity index (χ4n) is 3.05. The molecular formula is C17H20FN3O2. The summed E-state index contributed by atoms with van der Waals surface area (Å²) in [5.74, 6) is -0.997. The monoisotopic (exact) mass is 317 g/mol. The molecule has 3 rings (SSSR count). The third-order valence-electron chi connectivity index (χ3n) is 4.23. The van der Waals surface area contributed by atoms with Crippen molar-refractivity contribution < 1.29 is 14.3 Å². The van der Waals surface area contributed by atoms with Gasteiger partial charge in [-0.05, 0) is 37.1 Å². The van der Waals surface area contributed by atoms with E-state index in [2.05, 4.69) is 5.10 Å². The number of likely N-dealkylation sites (tertiary alicyclic amines) is 1. The van der Waals surface area contributed by atoms with Crippen molar-refractivity contribution in [1.82, 2.24) is 14.7 Å². The summed E-state index contributed by atoms with van der Waals surface area (Å²) in [6.45, 7) is 1.98. The summed E-state index contributed by atoms with van der Waals surface area (Å²) in [6.07, 6.45) is 6.41. The van der Waals surface area contributed by atoms with E-state index in [0.717, 1.165) is 30.5 Å². The molecule has 0 bridgehead atoms. The van der Waals surface area contributed by atoms with E-state index in [0.29, 0.717) is 19.5 Å². The van der Waals surface area contributed by atoms with Crippen LogP contribution >= 0.6 is 0 Å². The molecule has 0 radical (unpaired) electrons. The number of piperidine rings is 1. The number of carboxylic acids is 1. The number of halogens is 1. The van der Waals surface area contributed by atoms with E-state index in [4.69, 9.17) is 0 Å². The molecule has 1 saturated heterocycles. The van der Waals surface area contributed by atoms with Crippen molar-refractivity contribution in [2.75, 3.05) is 6.54 Å². The second-order valence-electron chi connectivity index (χ2n) is 5.99. The number of aliphatic carboxylic acids is 1. The molecule has 6 heteroatoms. The van der Waals surface area contributed by atoms with Gasteiger partial charge in [0.25, 0.3) is 0 Å². The molecule has 2 heterocycles. The van der Waals surface area contributed by atoms with Gasteiger partial charge >= 0.3 is 5.97 Å². The molecule has 1 N–H and O–H groups in total. The van der Waals surface area contributed by atoms with Gasteiger partial charge in [-0.25, -0.2) is 4.39 Å². The Morgan fingerprint density at radius 3 is 2.74 bits per heavy atom. The van der Waals surface area contributed by atoms with Crippen molar-refractivity contribution in [3.05, 3.63) is 53.6 Å². The third kappa shape index (κ3) is 3.96. The topological polar surface area (TPSA) is 58.4 Å².